The van der Waals surface area contributed by atoms with E-state index >= 15 is 0 Å². The number of hydrogen-bond donors (Lipinski definition) is 1. The summed E-state index contributed by atoms with van der Waals surface area (Å²) < 4.78 is 6.22. The van der Waals surface area contributed by atoms with Gasteiger partial charge in [0, 0.05) is 22.9 Å². The number of nitrogens with one attached hydrogen (secondary N) is 1. The van der Waals surface area contributed by atoms with Crippen molar-refractivity contribution in [2.45, 2.75) is 18.1 Å². The summed E-state index contributed by atoms with van der Waals surface area (Å²) in [6, 6.07) is 28.3. The lowest BCUT2D eigenvalue weighted by molar-refractivity contribution is -0.0455. The molecule has 6 heteroatoms. The number of thioether (sulfide) groups is 1. The predicted molar refractivity (Wildman–Crippen MR) is 128 cm³/mol. The van der Waals surface area contributed by atoms with Gasteiger partial charge in [-0.25, -0.2) is 4.79 Å². The molecule has 2 atom stereocenters. The maximum atomic E-state index is 13.2. The first-order valence-electron chi connectivity index (χ1n) is 10.1. The zero-order chi connectivity index (χ0) is 22.6. The van der Waals surface area contributed by atoms with E-state index in [9.17, 15) is 10.1 Å². The minimum absolute atomic E-state index is 0.326. The highest BCUT2D eigenvalue weighted by atomic mass is 35.5. The van der Waals surface area contributed by atoms with Crippen LogP contribution in [-0.4, -0.2) is 12.2 Å². The Labute approximate surface area is 196 Å². The maximum absolute atomic E-state index is 13.2. The van der Waals surface area contributed by atoms with Crippen LogP contribution in [0.4, 0.5) is 0 Å². The molecule has 4 nitrogen and oxygen atoms in total. The number of esters is 1. The van der Waals surface area contributed by atoms with Crippen molar-refractivity contribution in [2.75, 3.05) is 6.26 Å². The largest absolute Gasteiger partial charge is 0.431 e. The number of benzene rings is 3. The Hall–Kier alpha value is -3.20. The first-order valence-corrected chi connectivity index (χ1v) is 11.7. The molecular formula is C26H21ClN2O2S. The average molecular weight is 461 g/mol. The van der Waals surface area contributed by atoms with Crippen LogP contribution in [-0.2, 0) is 10.5 Å². The summed E-state index contributed by atoms with van der Waals surface area (Å²) in [4.78, 5) is 13.2. The minimum atomic E-state index is -1.17. The molecule has 0 aromatic heterocycles. The van der Waals surface area contributed by atoms with Crippen LogP contribution in [0.2, 0.25) is 5.02 Å². The number of allylic oxidation sites excluding steroid dienone is 1. The third-order valence-electron chi connectivity index (χ3n) is 5.52. The van der Waals surface area contributed by atoms with E-state index < -0.39 is 11.7 Å². The summed E-state index contributed by atoms with van der Waals surface area (Å²) in [6.45, 7) is 0. The number of rotatable bonds is 5. The van der Waals surface area contributed by atoms with Crippen LogP contribution in [0.5, 0.6) is 0 Å². The van der Waals surface area contributed by atoms with Gasteiger partial charge in [0.2, 0.25) is 5.72 Å². The summed E-state index contributed by atoms with van der Waals surface area (Å²) in [5.41, 5.74) is 1.49. The van der Waals surface area contributed by atoms with Crippen LogP contribution in [0.15, 0.2) is 95.5 Å². The van der Waals surface area contributed by atoms with Crippen molar-refractivity contribution >= 4 is 29.3 Å². The Bertz CT molecular complexity index is 1190. The summed E-state index contributed by atoms with van der Waals surface area (Å²) in [5, 5.41) is 14.6. The highest BCUT2D eigenvalue weighted by Gasteiger charge is 2.46. The van der Waals surface area contributed by atoms with Gasteiger partial charge in [-0.3, -0.25) is 0 Å². The van der Waals surface area contributed by atoms with Crippen LogP contribution < -0.4 is 5.32 Å². The summed E-state index contributed by atoms with van der Waals surface area (Å²) in [6.07, 6.45) is 2.22. The molecule has 0 amide bonds. The molecule has 0 unspecified atom stereocenters. The molecule has 0 spiro atoms. The quantitative estimate of drug-likeness (QED) is 0.457. The van der Waals surface area contributed by atoms with Gasteiger partial charge in [0.05, 0.1) is 22.2 Å². The first-order chi connectivity index (χ1) is 15.6. The fraction of sp³-hybridized carbons (Fsp3) is 0.154. The van der Waals surface area contributed by atoms with E-state index in [2.05, 4.69) is 11.4 Å². The van der Waals surface area contributed by atoms with Gasteiger partial charge in [-0.2, -0.15) is 5.26 Å². The topological polar surface area (TPSA) is 62.1 Å². The molecule has 0 aliphatic carbocycles. The van der Waals surface area contributed by atoms with Gasteiger partial charge in [0.15, 0.2) is 0 Å². The van der Waals surface area contributed by atoms with Crippen molar-refractivity contribution < 1.29 is 9.53 Å². The van der Waals surface area contributed by atoms with E-state index in [0.29, 0.717) is 27.6 Å². The van der Waals surface area contributed by atoms with Crippen LogP contribution in [0.3, 0.4) is 0 Å². The Morgan fingerprint density at radius 2 is 1.69 bits per heavy atom. The third-order valence-corrected chi connectivity index (χ3v) is 6.60. The van der Waals surface area contributed by atoms with Gasteiger partial charge in [-0.15, -0.1) is 11.8 Å². The second-order valence-corrected chi connectivity index (χ2v) is 8.63. The van der Waals surface area contributed by atoms with Crippen molar-refractivity contribution in [1.82, 2.24) is 5.32 Å². The molecule has 1 aliphatic rings. The number of ether oxygens (including phenoxy) is 1. The zero-order valence-electron chi connectivity index (χ0n) is 17.4. The fourth-order valence-electron chi connectivity index (χ4n) is 3.98. The highest BCUT2D eigenvalue weighted by Crippen LogP contribution is 2.47. The molecule has 3 aromatic rings. The van der Waals surface area contributed by atoms with Crippen molar-refractivity contribution in [1.29, 1.82) is 5.26 Å². The number of carbonyl (C=O) groups is 1. The van der Waals surface area contributed by atoms with Gasteiger partial charge >= 0.3 is 5.97 Å². The lowest BCUT2D eigenvalue weighted by Gasteiger charge is -2.42. The molecular weight excluding hydrogens is 440 g/mol. The zero-order valence-corrected chi connectivity index (χ0v) is 19.0. The highest BCUT2D eigenvalue weighted by molar-refractivity contribution is 8.02. The van der Waals surface area contributed by atoms with Crippen LogP contribution in [0.25, 0.3) is 0 Å². The van der Waals surface area contributed by atoms with E-state index in [-0.39, 0.29) is 5.92 Å². The summed E-state index contributed by atoms with van der Waals surface area (Å²) >= 11 is 7.96. The number of halogens is 1. The minimum Gasteiger partial charge on any atom is -0.431 e. The lowest BCUT2D eigenvalue weighted by atomic mass is 9.80. The van der Waals surface area contributed by atoms with E-state index in [0.717, 1.165) is 11.1 Å². The third kappa shape index (κ3) is 4.25. The molecule has 1 aliphatic heterocycles. The second-order valence-electron chi connectivity index (χ2n) is 7.41. The fourth-order valence-corrected chi connectivity index (χ4v) is 4.92. The predicted octanol–water partition coefficient (Wildman–Crippen LogP) is 6.23. The normalized spacial score (nSPS) is 20.2. The Morgan fingerprint density at radius 1 is 1.06 bits per heavy atom. The monoisotopic (exact) mass is 460 g/mol. The molecule has 0 saturated carbocycles. The molecule has 0 saturated heterocycles. The number of hydrogen-bond acceptors (Lipinski definition) is 5. The maximum Gasteiger partial charge on any atom is 0.340 e. The van der Waals surface area contributed by atoms with Gasteiger partial charge in [-0.05, 0) is 30.0 Å². The van der Waals surface area contributed by atoms with Crippen molar-refractivity contribution in [3.63, 3.8) is 0 Å². The molecule has 1 heterocycles. The Kier molecular flexibility index (Phi) is 6.55. The smallest absolute Gasteiger partial charge is 0.340 e. The van der Waals surface area contributed by atoms with Gasteiger partial charge < -0.3 is 10.1 Å². The Morgan fingerprint density at radius 3 is 2.31 bits per heavy atom. The molecule has 160 valence electrons. The summed E-state index contributed by atoms with van der Waals surface area (Å²) in [7, 11) is 0. The average Bonchev–Trinajstić information content (AvgIpc) is 2.85. The van der Waals surface area contributed by atoms with Crippen molar-refractivity contribution in [2.24, 2.45) is 0 Å². The van der Waals surface area contributed by atoms with Crippen molar-refractivity contribution in [3.05, 3.63) is 117 Å². The van der Waals surface area contributed by atoms with Crippen LogP contribution in [0.1, 0.15) is 33.8 Å². The molecule has 1 N–H and O–H groups in total. The van der Waals surface area contributed by atoms with E-state index in [1.54, 1.807) is 24.3 Å². The standard InChI is InChI=1S/C26H21ClN2O2S/c1-32-24-22(17-28)21(20-14-8-9-15-23(20)27)16-26(29-24,19-12-6-3-7-13-19)31-25(30)18-10-4-2-5-11-18/h2-15,21,29H,16H2,1H3/t21-,26+/m1/s1. The van der Waals surface area contributed by atoms with Gasteiger partial charge in [0.1, 0.15) is 0 Å². The van der Waals surface area contributed by atoms with Crippen LogP contribution in [0, 0.1) is 11.3 Å². The number of nitriles is 1. The summed E-state index contributed by atoms with van der Waals surface area (Å²) in [5.74, 6) is -0.790. The second kappa shape index (κ2) is 9.52. The molecule has 4 rings (SSSR count). The molecule has 0 fully saturated rings. The molecule has 0 bridgehead atoms. The van der Waals surface area contributed by atoms with Crippen LogP contribution >= 0.6 is 23.4 Å². The van der Waals surface area contributed by atoms with E-state index in [1.807, 2.05) is 66.9 Å². The van der Waals surface area contributed by atoms with Gasteiger partial charge in [0.25, 0.3) is 0 Å². The first kappa shape index (κ1) is 22.0. The number of carbonyl (C=O) groups excluding carboxylic acids is 1. The van der Waals surface area contributed by atoms with E-state index in [1.165, 1.54) is 11.8 Å². The van der Waals surface area contributed by atoms with Crippen molar-refractivity contribution in [3.8, 4) is 6.07 Å². The van der Waals surface area contributed by atoms with Gasteiger partial charge in [-0.1, -0.05) is 78.3 Å². The molecule has 0 radical (unpaired) electrons. The number of nitrogens with zero attached hydrogens (tertiary/aromatic N) is 1. The molecule has 3 aromatic carbocycles. The SMILES string of the molecule is CSC1=C(C#N)[C@@H](c2ccccc2Cl)C[C@](OC(=O)c2ccccc2)(c2ccccc2)N1. The lowest BCUT2D eigenvalue weighted by Crippen LogP contribution is -2.49. The van der Waals surface area contributed by atoms with E-state index in [4.69, 9.17) is 16.3 Å². The molecule has 32 heavy (non-hydrogen) atoms. The Balaban J connectivity index is 1.86.